The number of aromatic nitrogens is 3. The summed E-state index contributed by atoms with van der Waals surface area (Å²) in [6, 6.07) is 6.60. The summed E-state index contributed by atoms with van der Waals surface area (Å²) >= 11 is 0. The molecule has 0 aromatic carbocycles. The minimum absolute atomic E-state index is 0.275. The van der Waals surface area contributed by atoms with Gasteiger partial charge in [-0.05, 0) is 62.1 Å². The molecular weight excluding hydrogens is 260 g/mol. The molecule has 2 heterocycles. The molecule has 1 atom stereocenters. The van der Waals surface area contributed by atoms with Crippen molar-refractivity contribution in [2.45, 2.75) is 46.1 Å². The third-order valence-electron chi connectivity index (χ3n) is 3.57. The van der Waals surface area contributed by atoms with Crippen molar-refractivity contribution in [1.29, 1.82) is 0 Å². The number of nitrogens with zero attached hydrogens (tertiary/aromatic N) is 3. The van der Waals surface area contributed by atoms with Crippen molar-refractivity contribution in [1.82, 2.24) is 20.5 Å². The number of hydrogen-bond acceptors (Lipinski definition) is 4. The molecular formula is C17H24N4. The van der Waals surface area contributed by atoms with Gasteiger partial charge < -0.3 is 5.32 Å². The summed E-state index contributed by atoms with van der Waals surface area (Å²) < 4.78 is 0. The van der Waals surface area contributed by atoms with E-state index in [9.17, 15) is 0 Å². The molecule has 0 amide bonds. The molecule has 4 heteroatoms. The SMILES string of the molecule is CCCNC(Cc1ccncc1)c1cc(C)nnc1CC. The van der Waals surface area contributed by atoms with E-state index in [0.717, 1.165) is 37.2 Å². The van der Waals surface area contributed by atoms with Crippen LogP contribution in [0.4, 0.5) is 0 Å². The first-order chi connectivity index (χ1) is 10.2. The molecule has 0 aliphatic carbocycles. The lowest BCUT2D eigenvalue weighted by Crippen LogP contribution is -2.26. The predicted octanol–water partition coefficient (Wildman–Crippen LogP) is 3.03. The van der Waals surface area contributed by atoms with E-state index in [1.807, 2.05) is 19.3 Å². The molecule has 21 heavy (non-hydrogen) atoms. The second-order valence-corrected chi connectivity index (χ2v) is 5.31. The zero-order valence-corrected chi connectivity index (χ0v) is 13.1. The Morgan fingerprint density at radius 3 is 2.57 bits per heavy atom. The highest BCUT2D eigenvalue weighted by molar-refractivity contribution is 5.27. The van der Waals surface area contributed by atoms with E-state index >= 15 is 0 Å². The van der Waals surface area contributed by atoms with Gasteiger partial charge in [0.05, 0.1) is 11.4 Å². The summed E-state index contributed by atoms with van der Waals surface area (Å²) in [7, 11) is 0. The van der Waals surface area contributed by atoms with Gasteiger partial charge in [-0.25, -0.2) is 0 Å². The third kappa shape index (κ3) is 4.33. The van der Waals surface area contributed by atoms with E-state index in [1.165, 1.54) is 11.1 Å². The quantitative estimate of drug-likeness (QED) is 0.849. The van der Waals surface area contributed by atoms with Crippen molar-refractivity contribution < 1.29 is 0 Å². The average molecular weight is 284 g/mol. The Kier molecular flexibility index (Phi) is 5.81. The maximum absolute atomic E-state index is 4.36. The van der Waals surface area contributed by atoms with E-state index in [1.54, 1.807) is 0 Å². The summed E-state index contributed by atoms with van der Waals surface area (Å²) in [6.45, 7) is 7.32. The molecule has 2 aromatic rings. The Hall–Kier alpha value is -1.81. The molecule has 4 nitrogen and oxygen atoms in total. The molecule has 0 saturated heterocycles. The molecule has 0 aliphatic rings. The van der Waals surface area contributed by atoms with Gasteiger partial charge in [-0.1, -0.05) is 13.8 Å². The zero-order chi connectivity index (χ0) is 15.1. The van der Waals surface area contributed by atoms with Crippen molar-refractivity contribution in [2.75, 3.05) is 6.54 Å². The van der Waals surface area contributed by atoms with Crippen LogP contribution < -0.4 is 5.32 Å². The van der Waals surface area contributed by atoms with Crippen LogP contribution in [0, 0.1) is 6.92 Å². The normalized spacial score (nSPS) is 12.3. The van der Waals surface area contributed by atoms with Gasteiger partial charge in [-0.3, -0.25) is 4.98 Å². The van der Waals surface area contributed by atoms with Gasteiger partial charge >= 0.3 is 0 Å². The first kappa shape index (κ1) is 15.6. The largest absolute Gasteiger partial charge is 0.310 e. The number of hydrogen-bond donors (Lipinski definition) is 1. The van der Waals surface area contributed by atoms with E-state index in [0.29, 0.717) is 0 Å². The molecule has 0 bridgehead atoms. The highest BCUT2D eigenvalue weighted by Gasteiger charge is 2.16. The topological polar surface area (TPSA) is 50.7 Å². The van der Waals surface area contributed by atoms with Crippen LogP contribution in [0.3, 0.4) is 0 Å². The zero-order valence-electron chi connectivity index (χ0n) is 13.1. The highest BCUT2D eigenvalue weighted by Crippen LogP contribution is 2.21. The van der Waals surface area contributed by atoms with Gasteiger partial charge in [0.25, 0.3) is 0 Å². The fourth-order valence-electron chi connectivity index (χ4n) is 2.48. The Balaban J connectivity index is 2.28. The molecule has 0 saturated carbocycles. The molecule has 1 N–H and O–H groups in total. The van der Waals surface area contributed by atoms with Crippen molar-refractivity contribution in [3.63, 3.8) is 0 Å². The third-order valence-corrected chi connectivity index (χ3v) is 3.57. The lowest BCUT2D eigenvalue weighted by molar-refractivity contribution is 0.521. The fourth-order valence-corrected chi connectivity index (χ4v) is 2.48. The van der Waals surface area contributed by atoms with Crippen LogP contribution in [0.25, 0.3) is 0 Å². The highest BCUT2D eigenvalue weighted by atomic mass is 15.1. The van der Waals surface area contributed by atoms with Gasteiger partial charge in [0, 0.05) is 18.4 Å². The van der Waals surface area contributed by atoms with E-state index < -0.39 is 0 Å². The van der Waals surface area contributed by atoms with Gasteiger partial charge in [0.2, 0.25) is 0 Å². The second kappa shape index (κ2) is 7.84. The molecule has 2 aromatic heterocycles. The van der Waals surface area contributed by atoms with Gasteiger partial charge in [0.15, 0.2) is 0 Å². The molecule has 0 spiro atoms. The molecule has 2 rings (SSSR count). The monoisotopic (exact) mass is 284 g/mol. The van der Waals surface area contributed by atoms with E-state index in [-0.39, 0.29) is 6.04 Å². The average Bonchev–Trinajstić information content (AvgIpc) is 2.52. The van der Waals surface area contributed by atoms with Crippen LogP contribution in [0.5, 0.6) is 0 Å². The maximum atomic E-state index is 4.36. The number of aryl methyl sites for hydroxylation is 2. The Bertz CT molecular complexity index is 554. The minimum Gasteiger partial charge on any atom is -0.310 e. The smallest absolute Gasteiger partial charge is 0.0676 e. The number of pyridine rings is 1. The molecule has 0 aliphatic heterocycles. The first-order valence-corrected chi connectivity index (χ1v) is 7.70. The van der Waals surface area contributed by atoms with Crippen LogP contribution in [-0.2, 0) is 12.8 Å². The van der Waals surface area contributed by atoms with Gasteiger partial charge in [-0.2, -0.15) is 10.2 Å². The Morgan fingerprint density at radius 2 is 1.90 bits per heavy atom. The molecule has 0 fully saturated rings. The van der Waals surface area contributed by atoms with Crippen LogP contribution in [0.15, 0.2) is 30.6 Å². The van der Waals surface area contributed by atoms with E-state index in [4.69, 9.17) is 0 Å². The second-order valence-electron chi connectivity index (χ2n) is 5.31. The fraction of sp³-hybridized carbons (Fsp3) is 0.471. The molecule has 1 unspecified atom stereocenters. The van der Waals surface area contributed by atoms with Gasteiger partial charge in [0.1, 0.15) is 0 Å². The van der Waals surface area contributed by atoms with Crippen LogP contribution >= 0.6 is 0 Å². The van der Waals surface area contributed by atoms with Crippen LogP contribution in [0.2, 0.25) is 0 Å². The van der Waals surface area contributed by atoms with Crippen LogP contribution in [-0.4, -0.2) is 21.7 Å². The predicted molar refractivity (Wildman–Crippen MR) is 85.1 cm³/mol. The summed E-state index contributed by atoms with van der Waals surface area (Å²) in [4.78, 5) is 4.09. The lowest BCUT2D eigenvalue weighted by Gasteiger charge is -2.21. The van der Waals surface area contributed by atoms with Crippen molar-refractivity contribution >= 4 is 0 Å². The summed E-state index contributed by atoms with van der Waals surface area (Å²) in [5.74, 6) is 0. The van der Waals surface area contributed by atoms with Gasteiger partial charge in [-0.15, -0.1) is 0 Å². The van der Waals surface area contributed by atoms with E-state index in [2.05, 4.69) is 52.5 Å². The summed E-state index contributed by atoms with van der Waals surface area (Å²) in [5.41, 5.74) is 4.62. The first-order valence-electron chi connectivity index (χ1n) is 7.70. The van der Waals surface area contributed by atoms with Crippen molar-refractivity contribution in [3.05, 3.63) is 53.1 Å². The molecule has 112 valence electrons. The maximum Gasteiger partial charge on any atom is 0.0676 e. The van der Waals surface area contributed by atoms with Crippen molar-refractivity contribution in [3.8, 4) is 0 Å². The Labute approximate surface area is 127 Å². The minimum atomic E-state index is 0.275. The summed E-state index contributed by atoms with van der Waals surface area (Å²) in [5, 5.41) is 12.2. The van der Waals surface area contributed by atoms with Crippen LogP contribution in [0.1, 0.15) is 48.8 Å². The van der Waals surface area contributed by atoms with Crippen molar-refractivity contribution in [2.24, 2.45) is 0 Å². The number of rotatable bonds is 7. The number of nitrogens with one attached hydrogen (secondary N) is 1. The standard InChI is InChI=1S/C17H24N4/c1-4-8-19-17(12-14-6-9-18-10-7-14)15-11-13(3)20-21-16(15)5-2/h6-7,9-11,17,19H,4-5,8,12H2,1-3H3. The Morgan fingerprint density at radius 1 is 1.14 bits per heavy atom. The molecule has 0 radical (unpaired) electrons. The lowest BCUT2D eigenvalue weighted by atomic mass is 9.97. The summed E-state index contributed by atoms with van der Waals surface area (Å²) in [6.07, 6.45) is 6.67.